The molecule has 8 heteroatoms. The van der Waals surface area contributed by atoms with Crippen LogP contribution >= 0.6 is 23.1 Å². The van der Waals surface area contributed by atoms with Gasteiger partial charge in [-0.1, -0.05) is 53.4 Å². The summed E-state index contributed by atoms with van der Waals surface area (Å²) in [4.78, 5) is 3.67. The number of rotatable bonds is 3. The van der Waals surface area contributed by atoms with Crippen LogP contribution in [0.4, 0.5) is 5.69 Å². The monoisotopic (exact) mass is 551 g/mol. The fourth-order valence-electron chi connectivity index (χ4n) is 6.03. The van der Waals surface area contributed by atoms with Crippen LogP contribution in [0, 0.1) is 0 Å². The maximum absolute atomic E-state index is 5.66. The third-order valence-electron chi connectivity index (χ3n) is 7.92. The summed E-state index contributed by atoms with van der Waals surface area (Å²) in [6.07, 6.45) is 6.85. The Morgan fingerprint density at radius 1 is 0.872 bits per heavy atom. The summed E-state index contributed by atoms with van der Waals surface area (Å²) in [6.45, 7) is 2.56. The molecule has 0 saturated heterocycles. The number of hydrogen-bond donors (Lipinski definition) is 0. The molecule has 0 unspecified atom stereocenters. The van der Waals surface area contributed by atoms with Crippen molar-refractivity contribution in [2.75, 3.05) is 25.0 Å². The molecule has 39 heavy (non-hydrogen) atoms. The third kappa shape index (κ3) is 3.38. The number of benzene rings is 3. The normalized spacial score (nSPS) is 19.4. The Labute approximate surface area is 233 Å². The van der Waals surface area contributed by atoms with Crippen molar-refractivity contribution in [3.05, 3.63) is 87.9 Å². The van der Waals surface area contributed by atoms with E-state index in [0.717, 1.165) is 48.9 Å². The number of allylic oxidation sites excluding steroid dienone is 4. The number of anilines is 1. The predicted molar refractivity (Wildman–Crippen MR) is 153 cm³/mol. The fraction of sp³-hybridized carbons (Fsp3) is 0.194. The maximum atomic E-state index is 5.66. The molecule has 0 spiro atoms. The van der Waals surface area contributed by atoms with Crippen LogP contribution in [0.3, 0.4) is 0 Å². The second kappa shape index (κ2) is 8.31. The Balaban J connectivity index is 1.14. The highest BCUT2D eigenvalue weighted by atomic mass is 32.2. The zero-order valence-electron chi connectivity index (χ0n) is 20.9. The van der Waals surface area contributed by atoms with Crippen molar-refractivity contribution in [1.82, 2.24) is 0 Å². The summed E-state index contributed by atoms with van der Waals surface area (Å²) in [6, 6.07) is 19.3. The minimum Gasteiger partial charge on any atom is -0.454 e. The average Bonchev–Trinajstić information content (AvgIpc) is 3.79. The Morgan fingerprint density at radius 3 is 2.49 bits per heavy atom. The quantitative estimate of drug-likeness (QED) is 0.263. The Kier molecular flexibility index (Phi) is 4.68. The van der Waals surface area contributed by atoms with Crippen LogP contribution in [0.1, 0.15) is 23.4 Å². The van der Waals surface area contributed by atoms with Gasteiger partial charge in [0.2, 0.25) is 19.1 Å². The van der Waals surface area contributed by atoms with E-state index in [1.165, 1.54) is 53.1 Å². The SMILES string of the molecule is C(/C1=C2Sc3cc4c(cc3N2CC1)OCO4)=C(\C=C1/CC[n+]2c1sc1cc3c(cc12)OCO3)c1ccccc1. The first-order valence-electron chi connectivity index (χ1n) is 13.1. The van der Waals surface area contributed by atoms with Gasteiger partial charge in [0.15, 0.2) is 29.5 Å². The highest BCUT2D eigenvalue weighted by Crippen LogP contribution is 2.54. The molecule has 4 aromatic rings. The van der Waals surface area contributed by atoms with E-state index in [9.17, 15) is 0 Å². The van der Waals surface area contributed by atoms with Gasteiger partial charge in [-0.2, -0.15) is 4.57 Å². The van der Waals surface area contributed by atoms with Gasteiger partial charge in [0.25, 0.3) is 5.01 Å². The molecule has 0 amide bonds. The first kappa shape index (κ1) is 22.0. The molecule has 192 valence electrons. The lowest BCUT2D eigenvalue weighted by atomic mass is 9.99. The van der Waals surface area contributed by atoms with Crippen molar-refractivity contribution >= 4 is 50.1 Å². The van der Waals surface area contributed by atoms with E-state index >= 15 is 0 Å². The van der Waals surface area contributed by atoms with Crippen LogP contribution in [-0.4, -0.2) is 20.1 Å². The molecule has 1 aromatic heterocycles. The van der Waals surface area contributed by atoms with Crippen LogP contribution in [0.25, 0.3) is 21.4 Å². The summed E-state index contributed by atoms with van der Waals surface area (Å²) < 4.78 is 26.3. The van der Waals surface area contributed by atoms with Crippen molar-refractivity contribution in [3.8, 4) is 23.0 Å². The van der Waals surface area contributed by atoms with E-state index in [-0.39, 0.29) is 0 Å². The van der Waals surface area contributed by atoms with Gasteiger partial charge in [0.1, 0.15) is 4.70 Å². The number of aryl methyl sites for hydroxylation is 1. The molecule has 6 nitrogen and oxygen atoms in total. The Morgan fingerprint density at radius 2 is 1.64 bits per heavy atom. The van der Waals surface area contributed by atoms with E-state index in [0.29, 0.717) is 13.6 Å². The smallest absolute Gasteiger partial charge is 0.266 e. The van der Waals surface area contributed by atoms with Gasteiger partial charge < -0.3 is 23.8 Å². The third-order valence-corrected chi connectivity index (χ3v) is 10.4. The number of thioether (sulfide) groups is 1. The Bertz CT molecular complexity index is 1800. The van der Waals surface area contributed by atoms with E-state index < -0.39 is 0 Å². The van der Waals surface area contributed by atoms with Crippen molar-refractivity contribution in [1.29, 1.82) is 0 Å². The van der Waals surface area contributed by atoms with E-state index in [1.807, 2.05) is 23.1 Å². The molecule has 0 radical (unpaired) electrons. The molecule has 0 fully saturated rings. The highest BCUT2D eigenvalue weighted by molar-refractivity contribution is 8.03. The second-order valence-electron chi connectivity index (χ2n) is 10.1. The number of ether oxygens (including phenoxy) is 4. The predicted octanol–water partition coefficient (Wildman–Crippen LogP) is 6.74. The van der Waals surface area contributed by atoms with Crippen molar-refractivity contribution in [2.45, 2.75) is 24.3 Å². The molecule has 0 N–H and O–H groups in total. The van der Waals surface area contributed by atoms with Gasteiger partial charge in [0.05, 0.1) is 16.8 Å². The zero-order chi connectivity index (χ0) is 25.5. The molecule has 5 aliphatic heterocycles. The summed E-state index contributed by atoms with van der Waals surface area (Å²) in [5, 5.41) is 2.64. The Hall–Kier alpha value is -3.88. The number of thiazole rings is 1. The van der Waals surface area contributed by atoms with Crippen LogP contribution in [0.5, 0.6) is 23.0 Å². The van der Waals surface area contributed by atoms with Gasteiger partial charge in [0, 0.05) is 41.6 Å². The molecular weight excluding hydrogens is 528 g/mol. The minimum absolute atomic E-state index is 0.304. The molecule has 6 heterocycles. The summed E-state index contributed by atoms with van der Waals surface area (Å²) >= 11 is 3.68. The molecule has 0 atom stereocenters. The molecule has 0 saturated carbocycles. The van der Waals surface area contributed by atoms with E-state index in [4.69, 9.17) is 18.9 Å². The summed E-state index contributed by atoms with van der Waals surface area (Å²) in [7, 11) is 0. The van der Waals surface area contributed by atoms with E-state index in [1.54, 1.807) is 0 Å². The van der Waals surface area contributed by atoms with Crippen molar-refractivity contribution in [2.24, 2.45) is 0 Å². The number of aromatic nitrogens is 1. The van der Waals surface area contributed by atoms with Gasteiger partial charge in [-0.3, -0.25) is 0 Å². The standard InChI is InChI=1S/C31H23N2O4S2/c1-2-4-18(5-3-1)21(10-19-6-8-32-22-12-24-26(36-16-34-24)14-28(22)38-30(19)32)11-20-7-9-33-23-13-25-27(37-17-35-25)15-29(23)39-31(20)33/h1-5,10-15H,6-9,16-17H2/q+1. The van der Waals surface area contributed by atoms with Crippen molar-refractivity contribution < 1.29 is 23.5 Å². The number of hydrogen-bond acceptors (Lipinski definition) is 7. The fourth-order valence-corrected chi connectivity index (χ4v) is 8.51. The second-order valence-corrected chi connectivity index (χ2v) is 12.2. The topological polar surface area (TPSA) is 44.0 Å². The summed E-state index contributed by atoms with van der Waals surface area (Å²) in [5.74, 6) is 3.37. The lowest BCUT2D eigenvalue weighted by molar-refractivity contribution is -0.659. The molecule has 9 rings (SSSR count). The van der Waals surface area contributed by atoms with Crippen LogP contribution in [0.15, 0.2) is 82.2 Å². The van der Waals surface area contributed by atoms with Gasteiger partial charge in [-0.25, -0.2) is 0 Å². The van der Waals surface area contributed by atoms with Crippen molar-refractivity contribution in [3.63, 3.8) is 0 Å². The van der Waals surface area contributed by atoms with Gasteiger partial charge >= 0.3 is 0 Å². The highest BCUT2D eigenvalue weighted by Gasteiger charge is 2.35. The van der Waals surface area contributed by atoms with Crippen LogP contribution in [0.2, 0.25) is 0 Å². The van der Waals surface area contributed by atoms with Crippen LogP contribution < -0.4 is 28.4 Å². The first-order chi connectivity index (χ1) is 19.3. The largest absolute Gasteiger partial charge is 0.454 e. The molecule has 5 aliphatic rings. The molecule has 0 bridgehead atoms. The molecule has 3 aromatic carbocycles. The lowest BCUT2D eigenvalue weighted by Crippen LogP contribution is -2.30. The van der Waals surface area contributed by atoms with E-state index in [2.05, 4.69) is 76.2 Å². The number of fused-ring (bicyclic) bond motifs is 8. The summed E-state index contributed by atoms with van der Waals surface area (Å²) in [5.41, 5.74) is 7.69. The number of nitrogens with zero attached hydrogens (tertiary/aromatic N) is 2. The maximum Gasteiger partial charge on any atom is 0.266 e. The van der Waals surface area contributed by atoms with Crippen LogP contribution in [-0.2, 0) is 6.54 Å². The van der Waals surface area contributed by atoms with Gasteiger partial charge in [-0.15, -0.1) is 0 Å². The molecular formula is C31H23N2O4S2+. The lowest BCUT2D eigenvalue weighted by Gasteiger charge is -2.14. The minimum atomic E-state index is 0.304. The first-order valence-corrected chi connectivity index (χ1v) is 14.8. The molecule has 0 aliphatic carbocycles. The zero-order valence-corrected chi connectivity index (χ0v) is 22.6. The average molecular weight is 552 g/mol. The van der Waals surface area contributed by atoms with Gasteiger partial charge in [-0.05, 0) is 35.3 Å².